The van der Waals surface area contributed by atoms with E-state index in [1.54, 1.807) is 0 Å². The minimum absolute atomic E-state index is 0.109. The van der Waals surface area contributed by atoms with E-state index in [-0.39, 0.29) is 5.41 Å². The summed E-state index contributed by atoms with van der Waals surface area (Å²) in [5.41, 5.74) is 9.10. The molecule has 3 nitrogen and oxygen atoms in total. The van der Waals surface area contributed by atoms with Gasteiger partial charge in [0.2, 0.25) is 0 Å². The summed E-state index contributed by atoms with van der Waals surface area (Å²) in [6.07, 6.45) is 1.88. The number of nitrogens with two attached hydrogens (primary N) is 1. The van der Waals surface area contributed by atoms with Crippen LogP contribution in [0.4, 0.5) is 0 Å². The molecule has 2 rings (SSSR count). The van der Waals surface area contributed by atoms with Crippen LogP contribution in [0.15, 0.2) is 30.5 Å². The molecule has 0 spiro atoms. The molecule has 0 radical (unpaired) electrons. The molecule has 3 heteroatoms. The number of nitrogens with one attached hydrogen (secondary N) is 1. The van der Waals surface area contributed by atoms with Crippen molar-refractivity contribution in [3.05, 3.63) is 41.9 Å². The summed E-state index contributed by atoms with van der Waals surface area (Å²) in [5.74, 6) is 0.941. The first-order valence-electron chi connectivity index (χ1n) is 5.85. The van der Waals surface area contributed by atoms with Gasteiger partial charge in [-0.1, -0.05) is 37.6 Å². The lowest BCUT2D eigenvalue weighted by Crippen LogP contribution is -2.29. The van der Waals surface area contributed by atoms with Gasteiger partial charge in [-0.15, -0.1) is 0 Å². The standard InChI is InChI=1S/C14H19N3/c1-10-5-4-6-11(7-10)12-8-16-13(17-12)14(2,3)9-15/h4-8H,9,15H2,1-3H3,(H,16,17). The molecule has 0 saturated heterocycles. The first-order valence-corrected chi connectivity index (χ1v) is 5.85. The highest BCUT2D eigenvalue weighted by atomic mass is 14.9. The van der Waals surface area contributed by atoms with E-state index in [1.807, 2.05) is 6.20 Å². The Morgan fingerprint density at radius 1 is 1.35 bits per heavy atom. The number of aromatic amines is 1. The Hall–Kier alpha value is -1.61. The van der Waals surface area contributed by atoms with E-state index in [4.69, 9.17) is 5.73 Å². The van der Waals surface area contributed by atoms with Crippen LogP contribution in [0.2, 0.25) is 0 Å². The van der Waals surface area contributed by atoms with Crippen molar-refractivity contribution in [1.29, 1.82) is 0 Å². The molecule has 0 aliphatic heterocycles. The summed E-state index contributed by atoms with van der Waals surface area (Å²) < 4.78 is 0. The molecule has 17 heavy (non-hydrogen) atoms. The second kappa shape index (κ2) is 4.34. The van der Waals surface area contributed by atoms with E-state index in [1.165, 1.54) is 5.56 Å². The fraction of sp³-hybridized carbons (Fsp3) is 0.357. The number of hydrogen-bond acceptors (Lipinski definition) is 2. The maximum atomic E-state index is 5.75. The normalized spacial score (nSPS) is 11.8. The Labute approximate surface area is 102 Å². The van der Waals surface area contributed by atoms with Gasteiger partial charge in [-0.25, -0.2) is 4.98 Å². The summed E-state index contributed by atoms with van der Waals surface area (Å²) in [5, 5.41) is 0. The molecule has 0 unspecified atom stereocenters. The van der Waals surface area contributed by atoms with Crippen molar-refractivity contribution in [1.82, 2.24) is 9.97 Å². The predicted octanol–water partition coefficient (Wildman–Crippen LogP) is 2.62. The third-order valence-electron chi connectivity index (χ3n) is 3.06. The zero-order chi connectivity index (χ0) is 12.5. The van der Waals surface area contributed by atoms with Crippen molar-refractivity contribution in [2.75, 3.05) is 6.54 Å². The third-order valence-corrected chi connectivity index (χ3v) is 3.06. The largest absolute Gasteiger partial charge is 0.342 e. The number of hydrogen-bond donors (Lipinski definition) is 2. The molecule has 2 aromatic rings. The van der Waals surface area contributed by atoms with Gasteiger partial charge in [-0.05, 0) is 18.6 Å². The summed E-state index contributed by atoms with van der Waals surface area (Å²) >= 11 is 0. The van der Waals surface area contributed by atoms with Crippen LogP contribution in [-0.2, 0) is 5.41 Å². The van der Waals surface area contributed by atoms with Gasteiger partial charge in [0, 0.05) is 12.0 Å². The minimum Gasteiger partial charge on any atom is -0.342 e. The fourth-order valence-electron chi connectivity index (χ4n) is 1.72. The van der Waals surface area contributed by atoms with E-state index in [9.17, 15) is 0 Å². The van der Waals surface area contributed by atoms with Crippen LogP contribution in [0.1, 0.15) is 25.2 Å². The Kier molecular flexibility index (Phi) is 3.03. The Morgan fingerprint density at radius 3 is 2.76 bits per heavy atom. The topological polar surface area (TPSA) is 54.7 Å². The van der Waals surface area contributed by atoms with Gasteiger partial charge in [-0.3, -0.25) is 0 Å². The molecular weight excluding hydrogens is 210 g/mol. The van der Waals surface area contributed by atoms with E-state index >= 15 is 0 Å². The summed E-state index contributed by atoms with van der Waals surface area (Å²) in [7, 11) is 0. The van der Waals surface area contributed by atoms with Crippen LogP contribution >= 0.6 is 0 Å². The molecule has 0 aliphatic rings. The molecule has 0 atom stereocenters. The smallest absolute Gasteiger partial charge is 0.113 e. The van der Waals surface area contributed by atoms with Gasteiger partial charge in [0.25, 0.3) is 0 Å². The molecule has 1 aromatic carbocycles. The van der Waals surface area contributed by atoms with Crippen molar-refractivity contribution >= 4 is 0 Å². The van der Waals surface area contributed by atoms with Crippen LogP contribution in [0.5, 0.6) is 0 Å². The fourth-order valence-corrected chi connectivity index (χ4v) is 1.72. The summed E-state index contributed by atoms with van der Waals surface area (Å²) in [6.45, 7) is 6.84. The van der Waals surface area contributed by atoms with E-state index in [2.05, 4.69) is 55.0 Å². The Morgan fingerprint density at radius 2 is 2.12 bits per heavy atom. The third kappa shape index (κ3) is 2.39. The lowest BCUT2D eigenvalue weighted by atomic mass is 9.93. The lowest BCUT2D eigenvalue weighted by Gasteiger charge is -2.18. The highest BCUT2D eigenvalue weighted by Gasteiger charge is 2.22. The molecule has 0 fully saturated rings. The van der Waals surface area contributed by atoms with E-state index in [0.717, 1.165) is 17.1 Å². The maximum Gasteiger partial charge on any atom is 0.113 e. The van der Waals surface area contributed by atoms with E-state index < -0.39 is 0 Å². The highest BCUT2D eigenvalue weighted by molar-refractivity contribution is 5.59. The molecule has 1 heterocycles. The Bertz CT molecular complexity index is 512. The number of benzene rings is 1. The van der Waals surface area contributed by atoms with Gasteiger partial charge in [0.15, 0.2) is 0 Å². The summed E-state index contributed by atoms with van der Waals surface area (Å²) in [4.78, 5) is 7.79. The van der Waals surface area contributed by atoms with Crippen LogP contribution in [0.25, 0.3) is 11.3 Å². The molecule has 3 N–H and O–H groups in total. The number of nitrogens with zero attached hydrogens (tertiary/aromatic N) is 1. The second-order valence-electron chi connectivity index (χ2n) is 5.10. The zero-order valence-corrected chi connectivity index (χ0v) is 10.6. The molecule has 0 amide bonds. The molecule has 90 valence electrons. The van der Waals surface area contributed by atoms with Crippen molar-refractivity contribution in [2.24, 2.45) is 5.73 Å². The maximum absolute atomic E-state index is 5.75. The van der Waals surface area contributed by atoms with Crippen LogP contribution in [-0.4, -0.2) is 16.5 Å². The van der Waals surface area contributed by atoms with Gasteiger partial charge < -0.3 is 10.7 Å². The van der Waals surface area contributed by atoms with Crippen LogP contribution in [0, 0.1) is 6.92 Å². The molecular formula is C14H19N3. The van der Waals surface area contributed by atoms with Crippen molar-refractivity contribution in [3.8, 4) is 11.3 Å². The van der Waals surface area contributed by atoms with Gasteiger partial charge in [0.05, 0.1) is 11.9 Å². The lowest BCUT2D eigenvalue weighted by molar-refractivity contribution is 0.508. The molecule has 0 saturated carbocycles. The Balaban J connectivity index is 2.36. The number of rotatable bonds is 3. The number of H-pyrrole nitrogens is 1. The average Bonchev–Trinajstić information content (AvgIpc) is 2.79. The van der Waals surface area contributed by atoms with Crippen LogP contribution < -0.4 is 5.73 Å². The minimum atomic E-state index is -0.109. The van der Waals surface area contributed by atoms with Crippen molar-refractivity contribution in [3.63, 3.8) is 0 Å². The quantitative estimate of drug-likeness (QED) is 0.850. The SMILES string of the molecule is Cc1cccc(-c2cnc(C(C)(C)CN)[nH]2)c1. The van der Waals surface area contributed by atoms with Crippen molar-refractivity contribution < 1.29 is 0 Å². The molecule has 0 bridgehead atoms. The van der Waals surface area contributed by atoms with E-state index in [0.29, 0.717) is 6.54 Å². The highest BCUT2D eigenvalue weighted by Crippen LogP contribution is 2.23. The van der Waals surface area contributed by atoms with Gasteiger partial charge >= 0.3 is 0 Å². The van der Waals surface area contributed by atoms with Gasteiger partial charge in [0.1, 0.15) is 5.82 Å². The average molecular weight is 229 g/mol. The van der Waals surface area contributed by atoms with Crippen molar-refractivity contribution in [2.45, 2.75) is 26.2 Å². The van der Waals surface area contributed by atoms with Crippen LogP contribution in [0.3, 0.4) is 0 Å². The van der Waals surface area contributed by atoms with Gasteiger partial charge in [-0.2, -0.15) is 0 Å². The first kappa shape index (κ1) is 11.9. The monoisotopic (exact) mass is 229 g/mol. The number of imidazole rings is 1. The molecule has 1 aromatic heterocycles. The predicted molar refractivity (Wildman–Crippen MR) is 70.8 cm³/mol. The first-order chi connectivity index (χ1) is 8.03. The molecule has 0 aliphatic carbocycles. The summed E-state index contributed by atoms with van der Waals surface area (Å²) in [6, 6.07) is 8.37. The number of aromatic nitrogens is 2. The zero-order valence-electron chi connectivity index (χ0n) is 10.6. The number of aryl methyl sites for hydroxylation is 1. The second-order valence-corrected chi connectivity index (χ2v) is 5.10.